The summed E-state index contributed by atoms with van der Waals surface area (Å²) < 4.78 is 5.44. The molecule has 3 nitrogen and oxygen atoms in total. The van der Waals surface area contributed by atoms with Crippen LogP contribution in [-0.2, 0) is 17.8 Å². The van der Waals surface area contributed by atoms with Gasteiger partial charge in [-0.05, 0) is 44.4 Å². The molecular weight excluding hydrogens is 280 g/mol. The number of nitrogens with one attached hydrogen (secondary N) is 1. The van der Waals surface area contributed by atoms with E-state index < -0.39 is 0 Å². The molecule has 0 aliphatic carbocycles. The first-order valence-electron chi connectivity index (χ1n) is 8.12. The summed E-state index contributed by atoms with van der Waals surface area (Å²) in [6, 6.07) is 2.93. The van der Waals surface area contributed by atoms with Gasteiger partial charge in [0, 0.05) is 48.6 Å². The van der Waals surface area contributed by atoms with Crippen LogP contribution >= 0.6 is 11.3 Å². The molecule has 1 fully saturated rings. The standard InChI is InChI=1S/C17H30N2OS/c1-13(2)18-10-17-9-16(14(3)21-17)12-19(4)11-15-5-7-20-8-6-15/h9,13,15,18H,5-8,10-12H2,1-4H3. The third kappa shape index (κ3) is 5.70. The van der Waals surface area contributed by atoms with E-state index in [1.807, 2.05) is 11.3 Å². The SMILES string of the molecule is Cc1sc(CNC(C)C)cc1CN(C)CC1CCOCC1. The highest BCUT2D eigenvalue weighted by Gasteiger charge is 2.16. The van der Waals surface area contributed by atoms with Crippen molar-refractivity contribution in [3.05, 3.63) is 21.4 Å². The molecule has 1 aromatic rings. The third-order valence-corrected chi connectivity index (χ3v) is 5.20. The van der Waals surface area contributed by atoms with Crippen molar-refractivity contribution in [1.29, 1.82) is 0 Å². The fourth-order valence-electron chi connectivity index (χ4n) is 2.86. The zero-order valence-corrected chi connectivity index (χ0v) is 14.8. The average molecular weight is 311 g/mol. The average Bonchev–Trinajstić information content (AvgIpc) is 2.78. The minimum Gasteiger partial charge on any atom is -0.381 e. The predicted molar refractivity (Wildman–Crippen MR) is 90.9 cm³/mol. The molecule has 0 spiro atoms. The van der Waals surface area contributed by atoms with E-state index in [0.717, 1.165) is 32.2 Å². The van der Waals surface area contributed by atoms with Crippen LogP contribution in [0.15, 0.2) is 6.07 Å². The molecule has 0 saturated carbocycles. The fraction of sp³-hybridized carbons (Fsp3) is 0.765. The minimum absolute atomic E-state index is 0.548. The highest BCUT2D eigenvalue weighted by molar-refractivity contribution is 7.12. The molecule has 1 aromatic heterocycles. The van der Waals surface area contributed by atoms with Crippen LogP contribution < -0.4 is 5.32 Å². The van der Waals surface area contributed by atoms with E-state index in [4.69, 9.17) is 4.74 Å². The maximum absolute atomic E-state index is 5.44. The van der Waals surface area contributed by atoms with Crippen molar-refractivity contribution in [1.82, 2.24) is 10.2 Å². The Morgan fingerprint density at radius 3 is 2.76 bits per heavy atom. The van der Waals surface area contributed by atoms with Crippen molar-refractivity contribution in [2.24, 2.45) is 5.92 Å². The maximum atomic E-state index is 5.44. The van der Waals surface area contributed by atoms with Gasteiger partial charge < -0.3 is 15.0 Å². The van der Waals surface area contributed by atoms with Crippen molar-refractivity contribution < 1.29 is 4.74 Å². The molecule has 1 saturated heterocycles. The van der Waals surface area contributed by atoms with Crippen molar-refractivity contribution in [3.8, 4) is 0 Å². The summed E-state index contributed by atoms with van der Waals surface area (Å²) in [5, 5.41) is 3.50. The lowest BCUT2D eigenvalue weighted by molar-refractivity contribution is 0.0549. The molecule has 120 valence electrons. The second-order valence-corrected chi connectivity index (χ2v) is 7.92. The van der Waals surface area contributed by atoms with Gasteiger partial charge in [0.2, 0.25) is 0 Å². The number of rotatable bonds is 7. The summed E-state index contributed by atoms with van der Waals surface area (Å²) in [5.74, 6) is 0.810. The zero-order chi connectivity index (χ0) is 15.2. The summed E-state index contributed by atoms with van der Waals surface area (Å²) in [7, 11) is 2.25. The first-order valence-corrected chi connectivity index (χ1v) is 8.94. The first kappa shape index (κ1) is 16.9. The minimum atomic E-state index is 0.548. The summed E-state index contributed by atoms with van der Waals surface area (Å²) in [5.41, 5.74) is 1.50. The highest BCUT2D eigenvalue weighted by Crippen LogP contribution is 2.24. The number of thiophene rings is 1. The van der Waals surface area contributed by atoms with Crippen molar-refractivity contribution in [3.63, 3.8) is 0 Å². The number of hydrogen-bond acceptors (Lipinski definition) is 4. The van der Waals surface area contributed by atoms with Gasteiger partial charge in [-0.25, -0.2) is 0 Å². The number of nitrogens with zero attached hydrogens (tertiary/aromatic N) is 1. The van der Waals surface area contributed by atoms with Gasteiger partial charge in [-0.15, -0.1) is 11.3 Å². The van der Waals surface area contributed by atoms with Crippen LogP contribution in [0.3, 0.4) is 0 Å². The van der Waals surface area contributed by atoms with E-state index in [9.17, 15) is 0 Å². The normalized spacial score (nSPS) is 17.0. The molecule has 0 aromatic carbocycles. The molecule has 1 N–H and O–H groups in total. The monoisotopic (exact) mass is 310 g/mol. The van der Waals surface area contributed by atoms with E-state index in [2.05, 4.69) is 44.1 Å². The van der Waals surface area contributed by atoms with Gasteiger partial charge >= 0.3 is 0 Å². The predicted octanol–water partition coefficient (Wildman–Crippen LogP) is 3.41. The van der Waals surface area contributed by atoms with E-state index >= 15 is 0 Å². The van der Waals surface area contributed by atoms with Gasteiger partial charge in [0.15, 0.2) is 0 Å². The molecule has 2 heterocycles. The molecule has 0 atom stereocenters. The quantitative estimate of drug-likeness (QED) is 0.835. The lowest BCUT2D eigenvalue weighted by Crippen LogP contribution is -2.29. The van der Waals surface area contributed by atoms with E-state index in [1.54, 1.807) is 0 Å². The Morgan fingerprint density at radius 2 is 2.10 bits per heavy atom. The Balaban J connectivity index is 1.83. The number of ether oxygens (including phenoxy) is 1. The Labute approximate surface area is 133 Å². The van der Waals surface area contributed by atoms with Crippen molar-refractivity contribution in [2.75, 3.05) is 26.8 Å². The van der Waals surface area contributed by atoms with Crippen LogP contribution in [0.25, 0.3) is 0 Å². The molecule has 1 aliphatic heterocycles. The summed E-state index contributed by atoms with van der Waals surface area (Å²) >= 11 is 1.94. The highest BCUT2D eigenvalue weighted by atomic mass is 32.1. The Hall–Kier alpha value is -0.420. The van der Waals surface area contributed by atoms with Crippen LogP contribution in [-0.4, -0.2) is 37.7 Å². The lowest BCUT2D eigenvalue weighted by atomic mass is 10.00. The molecule has 0 radical (unpaired) electrons. The number of aryl methyl sites for hydroxylation is 1. The Bertz CT molecular complexity index is 424. The second kappa shape index (κ2) is 8.28. The van der Waals surface area contributed by atoms with E-state index in [1.165, 1.54) is 34.7 Å². The smallest absolute Gasteiger partial charge is 0.0469 e. The van der Waals surface area contributed by atoms with Crippen LogP contribution in [0.2, 0.25) is 0 Å². The largest absolute Gasteiger partial charge is 0.381 e. The van der Waals surface area contributed by atoms with Gasteiger partial charge in [-0.3, -0.25) is 0 Å². The molecule has 4 heteroatoms. The summed E-state index contributed by atoms with van der Waals surface area (Å²) in [6.07, 6.45) is 2.44. The Kier molecular flexibility index (Phi) is 6.68. The van der Waals surface area contributed by atoms with Crippen LogP contribution in [0.5, 0.6) is 0 Å². The maximum Gasteiger partial charge on any atom is 0.0469 e. The van der Waals surface area contributed by atoms with E-state index in [0.29, 0.717) is 6.04 Å². The topological polar surface area (TPSA) is 24.5 Å². The Morgan fingerprint density at radius 1 is 1.38 bits per heavy atom. The van der Waals surface area contributed by atoms with Gasteiger partial charge in [0.25, 0.3) is 0 Å². The molecule has 0 bridgehead atoms. The second-order valence-electron chi connectivity index (χ2n) is 6.58. The van der Waals surface area contributed by atoms with E-state index in [-0.39, 0.29) is 0 Å². The zero-order valence-electron chi connectivity index (χ0n) is 13.9. The number of hydrogen-bond donors (Lipinski definition) is 1. The van der Waals surface area contributed by atoms with Gasteiger partial charge in [0.1, 0.15) is 0 Å². The van der Waals surface area contributed by atoms with Gasteiger partial charge in [0.05, 0.1) is 0 Å². The van der Waals surface area contributed by atoms with Gasteiger partial charge in [-0.1, -0.05) is 13.8 Å². The van der Waals surface area contributed by atoms with Crippen LogP contribution in [0.4, 0.5) is 0 Å². The first-order chi connectivity index (χ1) is 10.0. The van der Waals surface area contributed by atoms with Crippen LogP contribution in [0, 0.1) is 12.8 Å². The lowest BCUT2D eigenvalue weighted by Gasteiger charge is -2.27. The molecule has 0 unspecified atom stereocenters. The molecule has 2 rings (SSSR count). The third-order valence-electron chi connectivity index (χ3n) is 4.11. The fourth-order valence-corrected chi connectivity index (χ4v) is 3.87. The van der Waals surface area contributed by atoms with Crippen molar-refractivity contribution in [2.45, 2.75) is 52.7 Å². The molecule has 0 amide bonds. The van der Waals surface area contributed by atoms with Crippen LogP contribution in [0.1, 0.15) is 42.0 Å². The molecule has 1 aliphatic rings. The van der Waals surface area contributed by atoms with Crippen molar-refractivity contribution >= 4 is 11.3 Å². The summed E-state index contributed by atoms with van der Waals surface area (Å²) in [6.45, 7) is 11.8. The summed E-state index contributed by atoms with van der Waals surface area (Å²) in [4.78, 5) is 5.40. The molecular formula is C17H30N2OS. The molecule has 21 heavy (non-hydrogen) atoms. The van der Waals surface area contributed by atoms with Gasteiger partial charge in [-0.2, -0.15) is 0 Å².